The summed E-state index contributed by atoms with van der Waals surface area (Å²) < 4.78 is 5.97. The zero-order chi connectivity index (χ0) is 19.1. The lowest BCUT2D eigenvalue weighted by atomic mass is 10.0. The molecule has 0 spiro atoms. The Morgan fingerprint density at radius 3 is 2.46 bits per heavy atom. The van der Waals surface area contributed by atoms with Gasteiger partial charge in [0.05, 0.1) is 0 Å². The lowest BCUT2D eigenvalue weighted by molar-refractivity contribution is -0.127. The summed E-state index contributed by atoms with van der Waals surface area (Å²) in [6, 6.07) is 14.7. The SMILES string of the molecule is Cc1cccc(CCCNC(=O)C(C)Oc2cc(C)ccc2C(C)C)c1. The molecule has 0 aliphatic heterocycles. The highest BCUT2D eigenvalue weighted by Crippen LogP contribution is 2.28. The molecule has 1 amide bonds. The Bertz CT molecular complexity index is 737. The van der Waals surface area contributed by atoms with Gasteiger partial charge in [0.25, 0.3) is 5.91 Å². The van der Waals surface area contributed by atoms with Crippen LogP contribution in [0.1, 0.15) is 55.4 Å². The molecule has 0 saturated carbocycles. The minimum absolute atomic E-state index is 0.0644. The molecule has 2 aromatic rings. The molecule has 0 aliphatic rings. The van der Waals surface area contributed by atoms with E-state index in [1.807, 2.05) is 19.9 Å². The highest BCUT2D eigenvalue weighted by atomic mass is 16.5. The number of hydrogen-bond donors (Lipinski definition) is 1. The second kappa shape index (κ2) is 9.42. The van der Waals surface area contributed by atoms with E-state index >= 15 is 0 Å². The topological polar surface area (TPSA) is 38.3 Å². The van der Waals surface area contributed by atoms with Crippen LogP contribution in [-0.2, 0) is 11.2 Å². The van der Waals surface area contributed by atoms with E-state index in [-0.39, 0.29) is 5.91 Å². The molecule has 1 atom stereocenters. The van der Waals surface area contributed by atoms with Gasteiger partial charge in [-0.15, -0.1) is 0 Å². The van der Waals surface area contributed by atoms with E-state index in [1.54, 1.807) is 0 Å². The number of amides is 1. The lowest BCUT2D eigenvalue weighted by Crippen LogP contribution is -2.37. The predicted octanol–water partition coefficient (Wildman–Crippen LogP) is 4.94. The van der Waals surface area contributed by atoms with Crippen LogP contribution in [0.4, 0.5) is 0 Å². The smallest absolute Gasteiger partial charge is 0.260 e. The molecule has 0 aromatic heterocycles. The Hall–Kier alpha value is -2.29. The summed E-state index contributed by atoms with van der Waals surface area (Å²) >= 11 is 0. The van der Waals surface area contributed by atoms with Gasteiger partial charge in [-0.1, -0.05) is 55.8 Å². The molecule has 0 saturated heterocycles. The van der Waals surface area contributed by atoms with Crippen LogP contribution in [0.15, 0.2) is 42.5 Å². The Balaban J connectivity index is 1.83. The molecule has 2 rings (SSSR count). The van der Waals surface area contributed by atoms with E-state index in [0.717, 1.165) is 29.7 Å². The van der Waals surface area contributed by atoms with Crippen molar-refractivity contribution in [1.82, 2.24) is 5.32 Å². The number of benzene rings is 2. The minimum Gasteiger partial charge on any atom is -0.481 e. The van der Waals surface area contributed by atoms with Gasteiger partial charge in [-0.2, -0.15) is 0 Å². The standard InChI is InChI=1S/C23H31NO2/c1-16(2)21-12-11-18(4)15-22(21)26-19(5)23(25)24-13-7-10-20-9-6-8-17(3)14-20/h6,8-9,11-12,14-16,19H,7,10,13H2,1-5H3,(H,24,25). The van der Waals surface area contributed by atoms with E-state index in [1.165, 1.54) is 11.1 Å². The third-order valence-corrected chi connectivity index (χ3v) is 4.49. The fourth-order valence-electron chi connectivity index (χ4n) is 2.98. The van der Waals surface area contributed by atoms with Crippen molar-refractivity contribution in [2.75, 3.05) is 6.54 Å². The summed E-state index contributed by atoms with van der Waals surface area (Å²) in [5.74, 6) is 1.10. The van der Waals surface area contributed by atoms with Gasteiger partial charge in [-0.05, 0) is 62.3 Å². The predicted molar refractivity (Wildman–Crippen MR) is 108 cm³/mol. The van der Waals surface area contributed by atoms with Crippen molar-refractivity contribution in [3.8, 4) is 5.75 Å². The third-order valence-electron chi connectivity index (χ3n) is 4.49. The summed E-state index contributed by atoms with van der Waals surface area (Å²) in [6.07, 6.45) is 1.38. The third kappa shape index (κ3) is 5.91. The average Bonchev–Trinajstić information content (AvgIpc) is 2.58. The summed E-state index contributed by atoms with van der Waals surface area (Å²) in [4.78, 5) is 12.3. The Labute approximate surface area is 157 Å². The van der Waals surface area contributed by atoms with Crippen LogP contribution in [-0.4, -0.2) is 18.6 Å². The number of rotatable bonds is 8. The Morgan fingerprint density at radius 1 is 1.04 bits per heavy atom. The van der Waals surface area contributed by atoms with Crippen LogP contribution < -0.4 is 10.1 Å². The zero-order valence-electron chi connectivity index (χ0n) is 16.6. The van der Waals surface area contributed by atoms with Crippen LogP contribution in [0.2, 0.25) is 0 Å². The maximum absolute atomic E-state index is 12.3. The van der Waals surface area contributed by atoms with Gasteiger partial charge in [0, 0.05) is 6.54 Å². The van der Waals surface area contributed by atoms with Gasteiger partial charge in [-0.3, -0.25) is 4.79 Å². The molecule has 1 unspecified atom stereocenters. The maximum Gasteiger partial charge on any atom is 0.260 e. The fourth-order valence-corrected chi connectivity index (χ4v) is 2.98. The van der Waals surface area contributed by atoms with E-state index in [9.17, 15) is 4.79 Å². The number of ether oxygens (including phenoxy) is 1. The first-order chi connectivity index (χ1) is 12.4. The number of nitrogens with one attached hydrogen (secondary N) is 1. The molecule has 0 radical (unpaired) electrons. The summed E-state index contributed by atoms with van der Waals surface area (Å²) in [7, 11) is 0. The van der Waals surface area contributed by atoms with Crippen molar-refractivity contribution >= 4 is 5.91 Å². The van der Waals surface area contributed by atoms with Crippen molar-refractivity contribution in [3.05, 3.63) is 64.7 Å². The maximum atomic E-state index is 12.3. The van der Waals surface area contributed by atoms with Crippen molar-refractivity contribution in [3.63, 3.8) is 0 Å². The Morgan fingerprint density at radius 2 is 1.77 bits per heavy atom. The van der Waals surface area contributed by atoms with Crippen LogP contribution in [0.25, 0.3) is 0 Å². The van der Waals surface area contributed by atoms with E-state index in [2.05, 4.69) is 62.5 Å². The van der Waals surface area contributed by atoms with Gasteiger partial charge in [0.15, 0.2) is 6.10 Å². The molecule has 3 nitrogen and oxygen atoms in total. The summed E-state index contributed by atoms with van der Waals surface area (Å²) in [6.45, 7) is 10.9. The van der Waals surface area contributed by atoms with E-state index in [0.29, 0.717) is 12.5 Å². The highest BCUT2D eigenvalue weighted by Gasteiger charge is 2.17. The number of hydrogen-bond acceptors (Lipinski definition) is 2. The molecular weight excluding hydrogens is 322 g/mol. The highest BCUT2D eigenvalue weighted by molar-refractivity contribution is 5.80. The van der Waals surface area contributed by atoms with Gasteiger partial charge >= 0.3 is 0 Å². The first kappa shape index (κ1) is 20.0. The molecule has 3 heteroatoms. The summed E-state index contributed by atoms with van der Waals surface area (Å²) in [5.41, 5.74) is 4.85. The number of aryl methyl sites for hydroxylation is 3. The van der Waals surface area contributed by atoms with Crippen LogP contribution in [0.5, 0.6) is 5.75 Å². The largest absolute Gasteiger partial charge is 0.481 e. The average molecular weight is 354 g/mol. The minimum atomic E-state index is -0.506. The molecule has 1 N–H and O–H groups in total. The van der Waals surface area contributed by atoms with Crippen molar-refractivity contribution in [2.45, 2.75) is 59.5 Å². The zero-order valence-corrected chi connectivity index (χ0v) is 16.6. The second-order valence-corrected chi connectivity index (χ2v) is 7.34. The summed E-state index contributed by atoms with van der Waals surface area (Å²) in [5, 5.41) is 2.99. The number of carbonyl (C=O) groups excluding carboxylic acids is 1. The quantitative estimate of drug-likeness (QED) is 0.682. The van der Waals surface area contributed by atoms with Crippen LogP contribution >= 0.6 is 0 Å². The molecule has 0 bridgehead atoms. The van der Waals surface area contributed by atoms with Gasteiger partial charge in [-0.25, -0.2) is 0 Å². The molecule has 0 fully saturated rings. The first-order valence-electron chi connectivity index (χ1n) is 9.47. The normalized spacial score (nSPS) is 12.1. The molecule has 140 valence electrons. The van der Waals surface area contributed by atoms with Gasteiger partial charge in [0.2, 0.25) is 0 Å². The lowest BCUT2D eigenvalue weighted by Gasteiger charge is -2.19. The van der Waals surface area contributed by atoms with E-state index in [4.69, 9.17) is 4.74 Å². The van der Waals surface area contributed by atoms with E-state index < -0.39 is 6.10 Å². The van der Waals surface area contributed by atoms with Crippen molar-refractivity contribution in [2.24, 2.45) is 0 Å². The fraction of sp³-hybridized carbons (Fsp3) is 0.435. The molecular formula is C23H31NO2. The monoisotopic (exact) mass is 353 g/mol. The molecule has 26 heavy (non-hydrogen) atoms. The van der Waals surface area contributed by atoms with Crippen molar-refractivity contribution < 1.29 is 9.53 Å². The van der Waals surface area contributed by atoms with Crippen LogP contribution in [0.3, 0.4) is 0 Å². The van der Waals surface area contributed by atoms with Gasteiger partial charge in [0.1, 0.15) is 5.75 Å². The Kier molecular flexibility index (Phi) is 7.26. The molecule has 2 aromatic carbocycles. The first-order valence-corrected chi connectivity index (χ1v) is 9.47. The molecule has 0 heterocycles. The number of carbonyl (C=O) groups is 1. The van der Waals surface area contributed by atoms with Gasteiger partial charge < -0.3 is 10.1 Å². The van der Waals surface area contributed by atoms with Crippen LogP contribution in [0, 0.1) is 13.8 Å². The van der Waals surface area contributed by atoms with Crippen molar-refractivity contribution in [1.29, 1.82) is 0 Å². The second-order valence-electron chi connectivity index (χ2n) is 7.34. The molecule has 0 aliphatic carbocycles.